The molecule has 0 fully saturated rings. The maximum absolute atomic E-state index is 14.7. The number of hydrogen-bond acceptors (Lipinski definition) is 6. The van der Waals surface area contributed by atoms with Gasteiger partial charge in [0.05, 0.1) is 22.3 Å². The number of ketones is 1. The predicted molar refractivity (Wildman–Crippen MR) is 117 cm³/mol. The number of aromatic nitrogens is 4. The molecule has 1 aliphatic heterocycles. The second-order valence-electron chi connectivity index (χ2n) is 7.56. The predicted octanol–water partition coefficient (Wildman–Crippen LogP) is 2.97. The fraction of sp³-hybridized carbons (Fsp3) is 0.174. The van der Waals surface area contributed by atoms with Gasteiger partial charge >= 0.3 is 0 Å². The van der Waals surface area contributed by atoms with Gasteiger partial charge in [-0.3, -0.25) is 9.59 Å². The van der Waals surface area contributed by atoms with E-state index in [0.29, 0.717) is 52.7 Å². The van der Waals surface area contributed by atoms with Crippen LogP contribution in [0.1, 0.15) is 38.6 Å². The van der Waals surface area contributed by atoms with Crippen molar-refractivity contribution in [3.63, 3.8) is 0 Å². The van der Waals surface area contributed by atoms with E-state index in [0.717, 1.165) is 6.54 Å². The molecule has 0 aliphatic carbocycles. The molecule has 0 spiro atoms. The molecule has 0 atom stereocenters. The van der Waals surface area contributed by atoms with Crippen LogP contribution in [-0.2, 0) is 19.4 Å². The highest BCUT2D eigenvalue weighted by Crippen LogP contribution is 2.24. The van der Waals surface area contributed by atoms with Crippen LogP contribution in [0.25, 0.3) is 10.8 Å². The summed E-state index contributed by atoms with van der Waals surface area (Å²) in [5, 5.41) is 11.0. The Hall–Kier alpha value is -3.49. The largest absolute Gasteiger partial charge is 0.312 e. The van der Waals surface area contributed by atoms with Crippen molar-refractivity contribution in [1.29, 1.82) is 0 Å². The van der Waals surface area contributed by atoms with E-state index < -0.39 is 11.6 Å². The van der Waals surface area contributed by atoms with E-state index in [4.69, 9.17) is 11.6 Å². The number of nitrogens with zero attached hydrogens (tertiary/aromatic N) is 3. The first kappa shape index (κ1) is 20.4. The van der Waals surface area contributed by atoms with Crippen LogP contribution >= 0.6 is 11.6 Å². The van der Waals surface area contributed by atoms with Crippen LogP contribution in [0.2, 0.25) is 5.28 Å². The van der Waals surface area contributed by atoms with E-state index in [-0.39, 0.29) is 22.1 Å². The van der Waals surface area contributed by atoms with Crippen LogP contribution in [0.5, 0.6) is 0 Å². The number of benzene rings is 2. The minimum atomic E-state index is -0.648. The maximum Gasteiger partial charge on any atom is 0.272 e. The minimum Gasteiger partial charge on any atom is -0.312 e. The Balaban J connectivity index is 1.55. The lowest BCUT2D eigenvalue weighted by molar-refractivity contribution is 0.102. The number of halogens is 2. The maximum atomic E-state index is 14.7. The van der Waals surface area contributed by atoms with Gasteiger partial charge < -0.3 is 5.32 Å². The summed E-state index contributed by atoms with van der Waals surface area (Å²) >= 11 is 6.03. The van der Waals surface area contributed by atoms with Crippen molar-refractivity contribution in [2.45, 2.75) is 19.4 Å². The molecule has 0 bridgehead atoms. The third kappa shape index (κ3) is 3.68. The number of H-pyrrole nitrogens is 1. The number of aromatic amines is 1. The fourth-order valence-electron chi connectivity index (χ4n) is 3.98. The van der Waals surface area contributed by atoms with Crippen LogP contribution in [-0.4, -0.2) is 32.5 Å². The second-order valence-corrected chi connectivity index (χ2v) is 7.90. The van der Waals surface area contributed by atoms with Crippen LogP contribution in [0, 0.1) is 5.82 Å². The van der Waals surface area contributed by atoms with Gasteiger partial charge in [0.25, 0.3) is 5.56 Å². The summed E-state index contributed by atoms with van der Waals surface area (Å²) in [7, 11) is 0. The number of fused-ring (bicyclic) bond motifs is 2. The Morgan fingerprint density at radius 2 is 1.94 bits per heavy atom. The zero-order chi connectivity index (χ0) is 22.2. The Morgan fingerprint density at radius 1 is 1.12 bits per heavy atom. The average Bonchev–Trinajstić information content (AvgIpc) is 2.81. The molecule has 0 radical (unpaired) electrons. The number of nitrogens with one attached hydrogen (secondary N) is 2. The zero-order valence-electron chi connectivity index (χ0n) is 16.8. The summed E-state index contributed by atoms with van der Waals surface area (Å²) in [5.74, 6) is -1.20. The molecule has 0 saturated carbocycles. The van der Waals surface area contributed by atoms with E-state index in [1.807, 2.05) is 12.1 Å². The van der Waals surface area contributed by atoms with Crippen molar-refractivity contribution in [1.82, 2.24) is 25.5 Å². The van der Waals surface area contributed by atoms with Gasteiger partial charge in [-0.1, -0.05) is 24.3 Å². The summed E-state index contributed by atoms with van der Waals surface area (Å²) in [6, 6.07) is 11.5. The smallest absolute Gasteiger partial charge is 0.272 e. The molecule has 160 valence electrons. The quantitative estimate of drug-likeness (QED) is 0.367. The lowest BCUT2D eigenvalue weighted by Crippen LogP contribution is -2.28. The first-order chi connectivity index (χ1) is 15.5. The van der Waals surface area contributed by atoms with E-state index in [1.165, 1.54) is 12.1 Å². The Morgan fingerprint density at radius 3 is 2.78 bits per heavy atom. The fourth-order valence-corrected chi connectivity index (χ4v) is 4.17. The van der Waals surface area contributed by atoms with Crippen LogP contribution in [0.15, 0.2) is 47.3 Å². The minimum absolute atomic E-state index is 0.0329. The molecule has 0 saturated heterocycles. The highest BCUT2D eigenvalue weighted by Gasteiger charge is 2.25. The zero-order valence-corrected chi connectivity index (χ0v) is 17.5. The standard InChI is InChI=1S/C23H17ClFN5O2/c24-23-27-18-7-8-26-11-16(18)20(28-23)21(31)15-9-12(5-6-17(15)25)10-19-13-3-1-2-4-14(13)22(32)30-29-19/h1-6,9,26H,7-8,10-11H2,(H,30,32). The third-order valence-corrected chi connectivity index (χ3v) is 5.71. The van der Waals surface area contributed by atoms with Gasteiger partial charge in [0.2, 0.25) is 11.1 Å². The van der Waals surface area contributed by atoms with Crippen molar-refractivity contribution in [2.75, 3.05) is 6.54 Å². The topological polar surface area (TPSA) is 101 Å². The molecule has 2 N–H and O–H groups in total. The number of carbonyl (C=O) groups is 1. The molecule has 2 aromatic heterocycles. The van der Waals surface area contributed by atoms with E-state index in [2.05, 4.69) is 25.5 Å². The van der Waals surface area contributed by atoms with Crippen LogP contribution < -0.4 is 10.9 Å². The van der Waals surface area contributed by atoms with Crippen molar-refractivity contribution in [3.8, 4) is 0 Å². The molecule has 3 heterocycles. The monoisotopic (exact) mass is 449 g/mol. The van der Waals surface area contributed by atoms with Gasteiger partial charge in [-0.05, 0) is 35.4 Å². The third-order valence-electron chi connectivity index (χ3n) is 5.54. The van der Waals surface area contributed by atoms with Crippen LogP contribution in [0.4, 0.5) is 4.39 Å². The van der Waals surface area contributed by atoms with Crippen LogP contribution in [0.3, 0.4) is 0 Å². The number of rotatable bonds is 4. The first-order valence-electron chi connectivity index (χ1n) is 10.1. The molecule has 9 heteroatoms. The summed E-state index contributed by atoms with van der Waals surface area (Å²) < 4.78 is 14.7. The van der Waals surface area contributed by atoms with Crippen molar-refractivity contribution in [2.24, 2.45) is 0 Å². The van der Waals surface area contributed by atoms with Gasteiger partial charge in [-0.15, -0.1) is 0 Å². The molecular formula is C23H17ClFN5O2. The first-order valence-corrected chi connectivity index (χ1v) is 10.4. The molecule has 2 aromatic carbocycles. The van der Waals surface area contributed by atoms with Gasteiger partial charge in [0.15, 0.2) is 0 Å². The Bertz CT molecular complexity index is 1440. The molecule has 32 heavy (non-hydrogen) atoms. The van der Waals surface area contributed by atoms with E-state index in [9.17, 15) is 14.0 Å². The average molecular weight is 450 g/mol. The molecule has 7 nitrogen and oxygen atoms in total. The Kier molecular flexibility index (Phi) is 5.24. The highest BCUT2D eigenvalue weighted by atomic mass is 35.5. The highest BCUT2D eigenvalue weighted by molar-refractivity contribution is 6.28. The normalized spacial score (nSPS) is 13.2. The SMILES string of the molecule is O=C(c1cc(Cc2n[nH]c(=O)c3ccccc23)ccc1F)c1nc(Cl)nc2c1CNCC2. The second kappa shape index (κ2) is 8.22. The van der Waals surface area contributed by atoms with Gasteiger partial charge in [0.1, 0.15) is 11.5 Å². The molecule has 0 unspecified atom stereocenters. The van der Waals surface area contributed by atoms with E-state index >= 15 is 0 Å². The lowest BCUT2D eigenvalue weighted by Gasteiger charge is -2.18. The van der Waals surface area contributed by atoms with Gasteiger partial charge in [-0.2, -0.15) is 5.10 Å². The lowest BCUT2D eigenvalue weighted by atomic mass is 9.96. The Labute approximate surface area is 186 Å². The molecule has 0 amide bonds. The molecule has 1 aliphatic rings. The number of hydrogen-bond donors (Lipinski definition) is 2. The van der Waals surface area contributed by atoms with Crippen molar-refractivity contribution >= 4 is 28.2 Å². The van der Waals surface area contributed by atoms with Gasteiger partial charge in [0, 0.05) is 36.9 Å². The molecule has 4 aromatic rings. The summed E-state index contributed by atoms with van der Waals surface area (Å²) in [6.45, 7) is 1.14. The van der Waals surface area contributed by atoms with Gasteiger partial charge in [-0.25, -0.2) is 19.5 Å². The van der Waals surface area contributed by atoms with Crippen molar-refractivity contribution in [3.05, 3.63) is 97.7 Å². The summed E-state index contributed by atoms with van der Waals surface area (Å²) in [5.41, 5.74) is 2.37. The van der Waals surface area contributed by atoms with Crippen molar-refractivity contribution < 1.29 is 9.18 Å². The summed E-state index contributed by atoms with van der Waals surface area (Å²) in [6.07, 6.45) is 0.924. The van der Waals surface area contributed by atoms with E-state index in [1.54, 1.807) is 18.2 Å². The summed E-state index contributed by atoms with van der Waals surface area (Å²) in [4.78, 5) is 33.6. The molecular weight excluding hydrogens is 433 g/mol. The molecule has 5 rings (SSSR count). The number of carbonyl (C=O) groups excluding carboxylic acids is 1.